The van der Waals surface area contributed by atoms with Crippen LogP contribution >= 0.6 is 0 Å². The lowest BCUT2D eigenvalue weighted by molar-refractivity contribution is 0.286. The number of hydrogen-bond donors (Lipinski definition) is 2. The van der Waals surface area contributed by atoms with Crippen molar-refractivity contribution in [3.8, 4) is 51.4 Å². The smallest absolute Gasteiger partial charge is 0.142 e. The Bertz CT molecular complexity index is 2780. The van der Waals surface area contributed by atoms with E-state index in [1.165, 1.54) is 65.5 Å². The van der Waals surface area contributed by atoms with Crippen LogP contribution in [0.25, 0.3) is 34.1 Å². The van der Waals surface area contributed by atoms with Gasteiger partial charge in [0.05, 0.1) is 7.11 Å². The number of fused-ring (bicyclic) bond motifs is 6. The predicted molar refractivity (Wildman–Crippen MR) is 266 cm³/mol. The zero-order valence-corrected chi connectivity index (χ0v) is 37.9. The molecule has 0 saturated carbocycles. The summed E-state index contributed by atoms with van der Waals surface area (Å²) in [6.07, 6.45) is 13.9. The molecule has 3 atom stereocenters. The van der Waals surface area contributed by atoms with Crippen LogP contribution in [0.5, 0.6) is 40.2 Å². The van der Waals surface area contributed by atoms with Gasteiger partial charge in [-0.3, -0.25) is 0 Å². The van der Waals surface area contributed by atoms with Crippen molar-refractivity contribution >= 4 is 22.9 Å². The fraction of sp³-hybridized carbons (Fsp3) is 0.288. The van der Waals surface area contributed by atoms with Crippen molar-refractivity contribution in [2.75, 3.05) is 20.2 Å². The van der Waals surface area contributed by atoms with E-state index in [0.717, 1.165) is 94.7 Å². The summed E-state index contributed by atoms with van der Waals surface area (Å²) < 4.78 is 25.6. The van der Waals surface area contributed by atoms with E-state index in [1.54, 1.807) is 7.11 Å². The highest BCUT2D eigenvalue weighted by Gasteiger charge is 2.40. The molecular formula is C59H60N2O4. The summed E-state index contributed by atoms with van der Waals surface area (Å²) >= 11 is 0. The van der Waals surface area contributed by atoms with Crippen molar-refractivity contribution in [3.05, 3.63) is 173 Å². The second-order valence-electron chi connectivity index (χ2n) is 18.8. The Morgan fingerprint density at radius 3 is 1.97 bits per heavy atom. The number of ether oxygens (including phenoxy) is 4. The van der Waals surface area contributed by atoms with Gasteiger partial charge in [-0.15, -0.1) is 0 Å². The van der Waals surface area contributed by atoms with Crippen LogP contribution in [-0.2, 0) is 11.8 Å². The molecule has 65 heavy (non-hydrogen) atoms. The van der Waals surface area contributed by atoms with Crippen molar-refractivity contribution in [1.29, 1.82) is 0 Å². The van der Waals surface area contributed by atoms with Gasteiger partial charge in [0, 0.05) is 22.4 Å². The third-order valence-electron chi connectivity index (χ3n) is 14.2. The highest BCUT2D eigenvalue weighted by atomic mass is 16.5. The molecule has 10 aliphatic rings. The molecular weight excluding hydrogens is 801 g/mol. The van der Waals surface area contributed by atoms with E-state index in [1.807, 2.05) is 42.5 Å². The minimum absolute atomic E-state index is 0.297. The molecule has 7 aromatic rings. The van der Waals surface area contributed by atoms with Crippen molar-refractivity contribution < 1.29 is 18.9 Å². The van der Waals surface area contributed by atoms with Gasteiger partial charge in [-0.25, -0.2) is 0 Å². The van der Waals surface area contributed by atoms with Gasteiger partial charge in [-0.05, 0) is 193 Å². The average Bonchev–Trinajstić information content (AvgIpc) is 3.58. The van der Waals surface area contributed by atoms with Crippen LogP contribution < -0.4 is 30.0 Å². The standard InChI is InChI=1S/C59H60N2O4/c1-59(2)54-13-5-4-12-51(54)56-50-34-32-49(62-3)36-53(50)58-52(57(56)59)33-18-40-16-24-45(25-17-40)63-44-22-14-39(15-23-44)8-6-9-41(37-60)10-7-11-42-19-35-55(61-38-42)43-20-26-46(27-21-43)64-47-28-30-48(65-58)31-29-47/h4-5,12-18,20-34,36,41-42,55,61H,6-11,19,35,37-38,60H2,1-3H3. The van der Waals surface area contributed by atoms with Gasteiger partial charge in [0.1, 0.15) is 40.2 Å². The fourth-order valence-electron chi connectivity index (χ4n) is 10.6. The topological polar surface area (TPSA) is 75.0 Å². The van der Waals surface area contributed by atoms with Crippen LogP contribution in [0.1, 0.15) is 98.2 Å². The van der Waals surface area contributed by atoms with Crippen molar-refractivity contribution in [3.63, 3.8) is 0 Å². The van der Waals surface area contributed by atoms with E-state index in [-0.39, 0.29) is 5.41 Å². The number of methoxy groups -OCH3 is 1. The minimum Gasteiger partial charge on any atom is -0.497 e. The van der Waals surface area contributed by atoms with Crippen molar-refractivity contribution in [2.45, 2.75) is 76.7 Å². The Labute approximate surface area is 384 Å². The van der Waals surface area contributed by atoms with E-state index in [0.29, 0.717) is 17.7 Å². The monoisotopic (exact) mass is 860 g/mol. The first-order chi connectivity index (χ1) is 31.8. The number of piperidine rings is 1. The molecule has 6 nitrogen and oxygen atoms in total. The quantitative estimate of drug-likeness (QED) is 0.180. The van der Waals surface area contributed by atoms with Crippen molar-refractivity contribution in [2.24, 2.45) is 17.6 Å². The summed E-state index contributed by atoms with van der Waals surface area (Å²) in [4.78, 5) is 0. The first kappa shape index (κ1) is 42.6. The second-order valence-corrected chi connectivity index (χ2v) is 18.8. The number of nitrogens with two attached hydrogens (primary N) is 1. The van der Waals surface area contributed by atoms with Gasteiger partial charge >= 0.3 is 0 Å². The predicted octanol–water partition coefficient (Wildman–Crippen LogP) is 14.8. The Balaban J connectivity index is 1.00. The van der Waals surface area contributed by atoms with Gasteiger partial charge in [0.2, 0.25) is 0 Å². The maximum atomic E-state index is 7.07. The van der Waals surface area contributed by atoms with E-state index < -0.39 is 0 Å². The Hall–Kier alpha value is -6.34. The van der Waals surface area contributed by atoms with E-state index in [2.05, 4.69) is 128 Å². The van der Waals surface area contributed by atoms with Gasteiger partial charge < -0.3 is 30.0 Å². The van der Waals surface area contributed by atoms with Gasteiger partial charge in [0.25, 0.3) is 0 Å². The minimum atomic E-state index is -0.297. The normalized spacial score (nSPS) is 19.4. The van der Waals surface area contributed by atoms with Crippen molar-refractivity contribution in [1.82, 2.24) is 5.32 Å². The van der Waals surface area contributed by atoms with Crippen LogP contribution in [0.4, 0.5) is 0 Å². The summed E-state index contributed by atoms with van der Waals surface area (Å²) in [6.45, 7) is 6.47. The van der Waals surface area contributed by atoms with Gasteiger partial charge in [-0.1, -0.05) is 93.1 Å². The molecule has 3 N–H and O–H groups in total. The molecule has 1 fully saturated rings. The number of hydrogen-bond acceptors (Lipinski definition) is 6. The highest BCUT2D eigenvalue weighted by Crippen LogP contribution is 2.56. The molecule has 0 radical (unpaired) electrons. The lowest BCUT2D eigenvalue weighted by Gasteiger charge is -2.30. The summed E-state index contributed by atoms with van der Waals surface area (Å²) in [6, 6.07) is 48.9. The molecule has 7 aromatic carbocycles. The Morgan fingerprint density at radius 2 is 1.29 bits per heavy atom. The number of benzene rings is 7. The molecule has 0 aromatic heterocycles. The van der Waals surface area contributed by atoms with Crippen LogP contribution in [-0.4, -0.2) is 20.2 Å². The summed E-state index contributed by atoms with van der Waals surface area (Å²) in [7, 11) is 1.71. The Kier molecular flexibility index (Phi) is 12.2. The van der Waals surface area contributed by atoms with Gasteiger partial charge in [-0.2, -0.15) is 0 Å². The zero-order chi connectivity index (χ0) is 44.3. The molecule has 9 heterocycles. The third-order valence-corrected chi connectivity index (χ3v) is 14.2. The maximum absolute atomic E-state index is 7.07. The summed E-state index contributed by atoms with van der Waals surface area (Å²) in [5, 5.41) is 5.96. The number of nitrogens with one attached hydrogen (secondary N) is 1. The summed E-state index contributed by atoms with van der Waals surface area (Å²) in [5.41, 5.74) is 15.7. The van der Waals surface area contributed by atoms with Gasteiger partial charge in [0.15, 0.2) is 0 Å². The lowest BCUT2D eigenvalue weighted by atomic mass is 9.79. The maximum Gasteiger partial charge on any atom is 0.142 e. The molecule has 10 bridgehead atoms. The number of aryl methyl sites for hydroxylation is 1. The average molecular weight is 861 g/mol. The van der Waals surface area contributed by atoms with E-state index in [4.69, 9.17) is 24.7 Å². The molecule has 17 rings (SSSR count). The molecule has 0 amide bonds. The molecule has 1 saturated heterocycles. The summed E-state index contributed by atoms with van der Waals surface area (Å²) in [5.74, 6) is 6.76. The highest BCUT2D eigenvalue weighted by molar-refractivity contribution is 6.09. The molecule has 6 heteroatoms. The molecule has 0 spiro atoms. The third kappa shape index (κ3) is 9.03. The Morgan fingerprint density at radius 1 is 0.646 bits per heavy atom. The van der Waals surface area contributed by atoms with Crippen LogP contribution in [0.2, 0.25) is 0 Å². The number of rotatable bonds is 2. The fourth-order valence-corrected chi connectivity index (χ4v) is 10.6. The van der Waals surface area contributed by atoms with E-state index >= 15 is 0 Å². The van der Waals surface area contributed by atoms with E-state index in [9.17, 15) is 0 Å². The van der Waals surface area contributed by atoms with Crippen LogP contribution in [0.3, 0.4) is 0 Å². The molecule has 1 aliphatic carbocycles. The molecule has 330 valence electrons. The molecule has 3 unspecified atom stereocenters. The largest absolute Gasteiger partial charge is 0.497 e. The second kappa shape index (κ2) is 18.6. The SMILES string of the molecule is COc1ccc2c3c(c4c(c2c1)Oc1ccc(cc1)Oc1ccc(cc1)C1CCC(CCCC(CN)CCCc2ccc(cc2)Oc2ccc(cc2)C=C4)CN1)C(C)(C)c1ccccc1-3. The zero-order valence-electron chi connectivity index (χ0n) is 37.9. The van der Waals surface area contributed by atoms with Crippen LogP contribution in [0, 0.1) is 11.8 Å². The first-order valence-corrected chi connectivity index (χ1v) is 23.6. The first-order valence-electron chi connectivity index (χ1n) is 23.6. The lowest BCUT2D eigenvalue weighted by Crippen LogP contribution is -2.33. The van der Waals surface area contributed by atoms with Crippen LogP contribution in [0.15, 0.2) is 140 Å². The molecule has 9 aliphatic heterocycles.